The average Bonchev–Trinajstić information content (AvgIpc) is 3.87. The van der Waals surface area contributed by atoms with Gasteiger partial charge in [0.2, 0.25) is 0 Å². The van der Waals surface area contributed by atoms with Crippen LogP contribution in [0.3, 0.4) is 0 Å². The summed E-state index contributed by atoms with van der Waals surface area (Å²) in [5.74, 6) is 0.416. The van der Waals surface area contributed by atoms with E-state index in [0.29, 0.717) is 30.2 Å². The highest BCUT2D eigenvalue weighted by molar-refractivity contribution is 6.30. The number of ether oxygens (including phenoxy) is 1. The van der Waals surface area contributed by atoms with Crippen molar-refractivity contribution in [3.63, 3.8) is 0 Å². The molecule has 2 aromatic rings. The van der Waals surface area contributed by atoms with E-state index < -0.39 is 60.7 Å². The van der Waals surface area contributed by atoms with Gasteiger partial charge >= 0.3 is 5.97 Å². The number of likely N-dealkylation sites (tertiary alicyclic amines) is 1. The number of carbonyl (C=O) groups excluding carboxylic acids is 1. The van der Waals surface area contributed by atoms with Crippen molar-refractivity contribution in [3.05, 3.63) is 58.1 Å². The van der Waals surface area contributed by atoms with Gasteiger partial charge in [-0.2, -0.15) is 0 Å². The van der Waals surface area contributed by atoms with Gasteiger partial charge in [0.15, 0.2) is 23.4 Å². The number of aliphatic hydroxyl groups is 7. The van der Waals surface area contributed by atoms with Crippen LogP contribution in [0.2, 0.25) is 5.02 Å². The van der Waals surface area contributed by atoms with E-state index in [-0.39, 0.29) is 29.9 Å². The highest BCUT2D eigenvalue weighted by Crippen LogP contribution is 2.64. The van der Waals surface area contributed by atoms with Crippen LogP contribution in [0, 0.1) is 5.92 Å². The molecule has 1 unspecified atom stereocenters. The zero-order valence-electron chi connectivity index (χ0n) is 28.2. The number of carboxylic acids is 1. The summed E-state index contributed by atoms with van der Waals surface area (Å²) in [6.07, 6.45) is -2.01. The number of aromatic hydroxyl groups is 1. The SMILES string of the molecule is NCC(CC(=O)O)c1ccc(Cl)cc1.O=C1CC[C@@]2(O)[C@H]3Cc4ccc(O)c5c4[C@@]2(CCN3CC2CC2)[C@H]1O5.OC[C@@H](O)[C@@H](O)[C@H](O)[C@@H](O)CO. The quantitative estimate of drug-likeness (QED) is 0.143. The molecule has 2 aromatic carbocycles. The summed E-state index contributed by atoms with van der Waals surface area (Å²) in [6, 6.07) is 10.8. The molecule has 2 saturated carbocycles. The van der Waals surface area contributed by atoms with Crippen molar-refractivity contribution >= 4 is 23.4 Å². The number of ketones is 1. The Bertz CT molecular complexity index is 1530. The number of hydrogen-bond donors (Lipinski definition) is 10. The Morgan fingerprint density at radius 3 is 2.18 bits per heavy atom. The number of phenolic OH excluding ortho intramolecular Hbond substituents is 1. The van der Waals surface area contributed by atoms with Crippen molar-refractivity contribution in [2.24, 2.45) is 11.7 Å². The second kappa shape index (κ2) is 16.0. The molecule has 0 amide bonds. The number of nitrogens with zero attached hydrogens (tertiary/aromatic N) is 1. The lowest BCUT2D eigenvalue weighted by Crippen LogP contribution is -2.76. The summed E-state index contributed by atoms with van der Waals surface area (Å²) in [5, 5.41) is 83.8. The number of piperidine rings is 1. The lowest BCUT2D eigenvalue weighted by Gasteiger charge is -2.62. The fourth-order valence-electron chi connectivity index (χ4n) is 8.22. The lowest BCUT2D eigenvalue weighted by atomic mass is 9.49. The van der Waals surface area contributed by atoms with Gasteiger partial charge in [0.25, 0.3) is 0 Å². The highest BCUT2D eigenvalue weighted by atomic mass is 35.5. The minimum atomic E-state index is -1.67. The summed E-state index contributed by atoms with van der Waals surface area (Å²) >= 11 is 5.72. The maximum atomic E-state index is 12.7. The molecule has 0 aromatic heterocycles. The van der Waals surface area contributed by atoms with Gasteiger partial charge in [0, 0.05) is 35.5 Å². The Kier molecular flexibility index (Phi) is 12.3. The number of rotatable bonds is 11. The Morgan fingerprint density at radius 2 is 1.63 bits per heavy atom. The number of aliphatic hydroxyl groups excluding tert-OH is 6. The number of Topliss-reactive ketones (excluding diaryl/α,β-unsaturated/α-hetero) is 1. The number of benzene rings is 2. The fourth-order valence-corrected chi connectivity index (χ4v) is 8.34. The Balaban J connectivity index is 0.000000166. The first kappa shape index (κ1) is 39.3. The highest BCUT2D eigenvalue weighted by Gasteiger charge is 2.73. The second-order valence-electron chi connectivity index (χ2n) is 14.3. The van der Waals surface area contributed by atoms with Crippen molar-refractivity contribution in [2.45, 2.75) is 98.4 Å². The molecule has 5 aliphatic rings. The lowest BCUT2D eigenvalue weighted by molar-refractivity contribution is -0.188. The number of halogens is 1. The molecule has 15 heteroatoms. The number of carboxylic acid groups (broad SMARTS) is 1. The van der Waals surface area contributed by atoms with Crippen molar-refractivity contribution in [3.8, 4) is 11.5 Å². The average molecular weight is 737 g/mol. The minimum absolute atomic E-state index is 0.0454. The van der Waals surface area contributed by atoms with E-state index in [1.807, 2.05) is 18.2 Å². The minimum Gasteiger partial charge on any atom is -0.504 e. The van der Waals surface area contributed by atoms with Crippen LogP contribution >= 0.6 is 11.6 Å². The Morgan fingerprint density at radius 1 is 1.00 bits per heavy atom. The molecule has 7 rings (SSSR count). The van der Waals surface area contributed by atoms with E-state index in [1.165, 1.54) is 12.8 Å². The zero-order valence-corrected chi connectivity index (χ0v) is 29.0. The van der Waals surface area contributed by atoms with E-state index in [0.717, 1.165) is 48.5 Å². The van der Waals surface area contributed by atoms with Crippen LogP contribution in [0.25, 0.3) is 0 Å². The van der Waals surface area contributed by atoms with E-state index in [2.05, 4.69) is 4.90 Å². The van der Waals surface area contributed by atoms with Crippen molar-refractivity contribution < 1.29 is 60.3 Å². The summed E-state index contributed by atoms with van der Waals surface area (Å²) < 4.78 is 6.04. The van der Waals surface area contributed by atoms with Crippen LogP contribution in [-0.2, 0) is 21.4 Å². The molecule has 3 fully saturated rings. The maximum absolute atomic E-state index is 12.7. The number of phenols is 1. The standard InChI is InChI=1S/C20H23NO4.C10H12ClNO2.C6H14O6/c22-13-4-3-12-9-15-20(24)6-5-14(23)18-19(20,16(12)17(13)25-18)7-8-21(15)10-11-1-2-11;11-9-3-1-7(2-4-9)8(6-12)5-10(13)14;7-1-3(9)5(11)6(12)4(10)2-8/h3-4,11,15,18,22,24H,1-2,5-10H2;1-4,8H,5-6,12H2,(H,13,14);3-12H,1-2H2/t15-,18+,19+,20-;;3-,4+,5-,6-/m1.1/s1. The van der Waals surface area contributed by atoms with Gasteiger partial charge < -0.3 is 56.4 Å². The number of nitrogens with two attached hydrogens (primary N) is 1. The van der Waals surface area contributed by atoms with Gasteiger partial charge in [-0.25, -0.2) is 0 Å². The first-order valence-electron chi connectivity index (χ1n) is 17.3. The largest absolute Gasteiger partial charge is 0.504 e. The molecule has 51 heavy (non-hydrogen) atoms. The molecule has 11 N–H and O–H groups in total. The molecule has 0 radical (unpaired) electrons. The predicted octanol–water partition coefficient (Wildman–Crippen LogP) is -0.203. The molecule has 1 spiro atoms. The number of aliphatic carboxylic acids is 1. The van der Waals surface area contributed by atoms with E-state index in [4.69, 9.17) is 57.8 Å². The van der Waals surface area contributed by atoms with Crippen molar-refractivity contribution in [2.75, 3.05) is 32.8 Å². The molecule has 2 aliphatic heterocycles. The van der Waals surface area contributed by atoms with E-state index in [1.54, 1.807) is 18.2 Å². The summed E-state index contributed by atoms with van der Waals surface area (Å²) in [4.78, 5) is 25.7. The topological polar surface area (TPSA) is 255 Å². The molecule has 3 aliphatic carbocycles. The second-order valence-corrected chi connectivity index (χ2v) is 14.7. The maximum Gasteiger partial charge on any atom is 0.304 e. The Hall–Kier alpha value is -2.89. The summed E-state index contributed by atoms with van der Waals surface area (Å²) in [5.41, 5.74) is 6.86. The van der Waals surface area contributed by atoms with Gasteiger partial charge in [-0.15, -0.1) is 0 Å². The van der Waals surface area contributed by atoms with E-state index in [9.17, 15) is 19.8 Å². The molecular weight excluding hydrogens is 688 g/mol. The van der Waals surface area contributed by atoms with Gasteiger partial charge in [-0.05, 0) is 80.4 Å². The van der Waals surface area contributed by atoms with E-state index >= 15 is 0 Å². The Labute approximate surface area is 300 Å². The predicted molar refractivity (Wildman–Crippen MR) is 183 cm³/mol. The van der Waals surface area contributed by atoms with Crippen LogP contribution in [-0.4, -0.2) is 138 Å². The third-order valence-electron chi connectivity index (χ3n) is 11.1. The first-order chi connectivity index (χ1) is 24.2. The molecule has 9 atom stereocenters. The summed E-state index contributed by atoms with van der Waals surface area (Å²) in [7, 11) is 0. The van der Waals surface area contributed by atoms with Crippen LogP contribution in [0.5, 0.6) is 11.5 Å². The van der Waals surface area contributed by atoms with Crippen LogP contribution in [0.15, 0.2) is 36.4 Å². The normalized spacial score (nSPS) is 28.8. The van der Waals surface area contributed by atoms with Crippen LogP contribution in [0.1, 0.15) is 61.1 Å². The fraction of sp³-hybridized carbons (Fsp3) is 0.611. The van der Waals surface area contributed by atoms with Gasteiger partial charge in [-0.1, -0.05) is 29.8 Å². The van der Waals surface area contributed by atoms with Gasteiger partial charge in [-0.3, -0.25) is 14.5 Å². The summed E-state index contributed by atoms with van der Waals surface area (Å²) in [6.45, 7) is 0.828. The number of hydrogen-bond acceptors (Lipinski definition) is 13. The van der Waals surface area contributed by atoms with Gasteiger partial charge in [0.05, 0.1) is 30.7 Å². The number of carbonyl (C=O) groups is 2. The molecule has 14 nitrogen and oxygen atoms in total. The van der Waals surface area contributed by atoms with Crippen molar-refractivity contribution in [1.82, 2.24) is 4.90 Å². The first-order valence-corrected chi connectivity index (χ1v) is 17.7. The van der Waals surface area contributed by atoms with Gasteiger partial charge in [0.1, 0.15) is 24.4 Å². The molecule has 2 heterocycles. The van der Waals surface area contributed by atoms with Crippen LogP contribution in [0.4, 0.5) is 0 Å². The molecule has 2 bridgehead atoms. The smallest absolute Gasteiger partial charge is 0.304 e. The molecule has 282 valence electrons. The van der Waals surface area contributed by atoms with Crippen LogP contribution < -0.4 is 10.5 Å². The third kappa shape index (κ3) is 7.63. The van der Waals surface area contributed by atoms with Crippen molar-refractivity contribution in [1.29, 1.82) is 0 Å². The third-order valence-corrected chi connectivity index (χ3v) is 11.4. The molecular formula is C36H49ClN2O12. The zero-order chi connectivity index (χ0) is 37.2. The monoisotopic (exact) mass is 736 g/mol. The molecule has 1 saturated heterocycles.